The average molecular weight is 438 g/mol. The number of hydrogen-bond donors (Lipinski definition) is 0. The molecule has 2 saturated heterocycles. The Kier molecular flexibility index (Phi) is 7.30. The van der Waals surface area contributed by atoms with Crippen molar-refractivity contribution < 1.29 is 14.3 Å². The normalized spacial score (nSPS) is 20.3. The fourth-order valence-electron chi connectivity index (χ4n) is 4.70. The highest BCUT2D eigenvalue weighted by molar-refractivity contribution is 5.94. The lowest BCUT2D eigenvalue weighted by atomic mass is 10.1. The number of benzene rings is 1. The third kappa shape index (κ3) is 5.60. The molecular formula is C26H35N3O3. The van der Waals surface area contributed by atoms with Crippen molar-refractivity contribution in [1.82, 2.24) is 14.7 Å². The van der Waals surface area contributed by atoms with Crippen LogP contribution in [0.2, 0.25) is 0 Å². The van der Waals surface area contributed by atoms with Gasteiger partial charge in [-0.25, -0.2) is 0 Å². The minimum absolute atomic E-state index is 0.0387. The van der Waals surface area contributed by atoms with Crippen LogP contribution in [0.1, 0.15) is 55.5 Å². The summed E-state index contributed by atoms with van der Waals surface area (Å²) in [6.45, 7) is 10.2. The van der Waals surface area contributed by atoms with Gasteiger partial charge in [-0.3, -0.25) is 14.5 Å². The smallest absolute Gasteiger partial charge is 0.253 e. The van der Waals surface area contributed by atoms with Crippen LogP contribution in [0.15, 0.2) is 47.9 Å². The van der Waals surface area contributed by atoms with Crippen LogP contribution in [0.5, 0.6) is 0 Å². The predicted molar refractivity (Wildman–Crippen MR) is 125 cm³/mol. The molecule has 4 rings (SSSR count). The number of ketones is 1. The summed E-state index contributed by atoms with van der Waals surface area (Å²) in [5.74, 6) is 0.968. The predicted octanol–water partition coefficient (Wildman–Crippen LogP) is 3.60. The van der Waals surface area contributed by atoms with Crippen molar-refractivity contribution in [1.29, 1.82) is 0 Å². The molecule has 0 N–H and O–H groups in total. The number of amides is 1. The van der Waals surface area contributed by atoms with Crippen LogP contribution in [-0.2, 0) is 16.1 Å². The Labute approximate surface area is 191 Å². The zero-order chi connectivity index (χ0) is 22.5. The summed E-state index contributed by atoms with van der Waals surface area (Å²) in [7, 11) is 0. The van der Waals surface area contributed by atoms with Crippen molar-refractivity contribution in [2.24, 2.45) is 0 Å². The van der Waals surface area contributed by atoms with Gasteiger partial charge in [0.1, 0.15) is 5.76 Å². The summed E-state index contributed by atoms with van der Waals surface area (Å²) in [5.41, 5.74) is 3.04. The van der Waals surface area contributed by atoms with Gasteiger partial charge in [-0.1, -0.05) is 12.1 Å². The molecule has 6 nitrogen and oxygen atoms in total. The van der Waals surface area contributed by atoms with Gasteiger partial charge in [0.05, 0.1) is 11.8 Å². The molecule has 172 valence electrons. The molecule has 1 aliphatic carbocycles. The highest BCUT2D eigenvalue weighted by Crippen LogP contribution is 2.25. The van der Waals surface area contributed by atoms with Gasteiger partial charge in [0.25, 0.3) is 5.91 Å². The van der Waals surface area contributed by atoms with E-state index in [9.17, 15) is 9.59 Å². The van der Waals surface area contributed by atoms with E-state index in [4.69, 9.17) is 4.74 Å². The molecule has 1 aromatic carbocycles. The molecule has 2 heterocycles. The lowest BCUT2D eigenvalue weighted by Gasteiger charge is -2.38. The molecule has 0 saturated carbocycles. The van der Waals surface area contributed by atoms with Crippen LogP contribution in [0.4, 0.5) is 0 Å². The molecule has 32 heavy (non-hydrogen) atoms. The summed E-state index contributed by atoms with van der Waals surface area (Å²) in [6, 6.07) is 8.13. The molecule has 1 amide bonds. The number of piperidine rings is 1. The molecule has 2 aliphatic heterocycles. The zero-order valence-electron chi connectivity index (χ0n) is 19.4. The molecule has 3 aliphatic rings. The first-order chi connectivity index (χ1) is 15.5. The summed E-state index contributed by atoms with van der Waals surface area (Å²) < 4.78 is 5.92. The van der Waals surface area contributed by atoms with E-state index in [2.05, 4.69) is 21.9 Å². The highest BCUT2D eigenvalue weighted by atomic mass is 16.5. The van der Waals surface area contributed by atoms with Crippen molar-refractivity contribution in [3.05, 3.63) is 59.0 Å². The molecule has 0 atom stereocenters. The maximum Gasteiger partial charge on any atom is 0.253 e. The third-order valence-corrected chi connectivity index (χ3v) is 6.34. The lowest BCUT2D eigenvalue weighted by Crippen LogP contribution is -2.46. The van der Waals surface area contributed by atoms with E-state index >= 15 is 0 Å². The van der Waals surface area contributed by atoms with Crippen molar-refractivity contribution >= 4 is 11.7 Å². The SMILES string of the molecule is CC(C)OC1=CC(=O)CC=C1N1CCN(Cc2cccc(C(=O)N3CCCCC3)c2)CC1. The van der Waals surface area contributed by atoms with E-state index in [0.29, 0.717) is 12.2 Å². The number of ether oxygens (including phenoxy) is 1. The van der Waals surface area contributed by atoms with Crippen LogP contribution in [-0.4, -0.2) is 71.8 Å². The Morgan fingerprint density at radius 2 is 1.78 bits per heavy atom. The van der Waals surface area contributed by atoms with Gasteiger partial charge in [-0.15, -0.1) is 0 Å². The van der Waals surface area contributed by atoms with Crippen molar-refractivity contribution in [2.75, 3.05) is 39.3 Å². The maximum absolute atomic E-state index is 12.9. The fourth-order valence-corrected chi connectivity index (χ4v) is 4.70. The molecule has 0 aromatic heterocycles. The van der Waals surface area contributed by atoms with Gasteiger partial charge < -0.3 is 14.5 Å². The minimum atomic E-state index is 0.0387. The summed E-state index contributed by atoms with van der Waals surface area (Å²) in [4.78, 5) is 31.5. The second-order valence-electron chi connectivity index (χ2n) is 9.25. The molecule has 0 bridgehead atoms. The minimum Gasteiger partial charge on any atom is -0.489 e. The molecule has 1 aromatic rings. The lowest BCUT2D eigenvalue weighted by molar-refractivity contribution is -0.114. The Bertz CT molecular complexity index is 891. The van der Waals surface area contributed by atoms with E-state index in [1.54, 1.807) is 6.08 Å². The number of piperazine rings is 1. The van der Waals surface area contributed by atoms with Crippen LogP contribution < -0.4 is 0 Å². The Balaban J connectivity index is 1.34. The number of rotatable bonds is 6. The number of carbonyl (C=O) groups excluding carboxylic acids is 2. The standard InChI is InChI=1S/C26H35N3O3/c1-20(2)32-25-18-23(30)9-10-24(25)28-15-13-27(14-16-28)19-21-7-6-8-22(17-21)26(31)29-11-4-3-5-12-29/h6-8,10,17-18,20H,3-5,9,11-16,19H2,1-2H3. The first-order valence-electron chi connectivity index (χ1n) is 12.0. The van der Waals surface area contributed by atoms with Gasteiger partial charge in [-0.05, 0) is 56.9 Å². The second kappa shape index (κ2) is 10.3. The van der Waals surface area contributed by atoms with Crippen molar-refractivity contribution in [3.63, 3.8) is 0 Å². The monoisotopic (exact) mass is 437 g/mol. The topological polar surface area (TPSA) is 53.1 Å². The molecule has 0 spiro atoms. The molecule has 2 fully saturated rings. The average Bonchev–Trinajstić information content (AvgIpc) is 2.80. The Morgan fingerprint density at radius 1 is 1.03 bits per heavy atom. The largest absolute Gasteiger partial charge is 0.489 e. The highest BCUT2D eigenvalue weighted by Gasteiger charge is 2.25. The second-order valence-corrected chi connectivity index (χ2v) is 9.25. The van der Waals surface area contributed by atoms with Gasteiger partial charge in [0.2, 0.25) is 0 Å². The van der Waals surface area contributed by atoms with E-state index < -0.39 is 0 Å². The summed E-state index contributed by atoms with van der Waals surface area (Å²) in [5, 5.41) is 0. The number of nitrogens with zero attached hydrogens (tertiary/aromatic N) is 3. The summed E-state index contributed by atoms with van der Waals surface area (Å²) in [6.07, 6.45) is 7.58. The molecule has 0 unspecified atom stereocenters. The van der Waals surface area contributed by atoms with E-state index in [-0.39, 0.29) is 17.8 Å². The first-order valence-corrected chi connectivity index (χ1v) is 12.0. The maximum atomic E-state index is 12.9. The molecular weight excluding hydrogens is 402 g/mol. The third-order valence-electron chi connectivity index (χ3n) is 6.34. The van der Waals surface area contributed by atoms with E-state index in [0.717, 1.165) is 69.9 Å². The molecule has 6 heteroatoms. The van der Waals surface area contributed by atoms with E-state index in [1.807, 2.05) is 37.0 Å². The van der Waals surface area contributed by atoms with Crippen LogP contribution in [0.25, 0.3) is 0 Å². The number of allylic oxidation sites excluding steroid dienone is 2. The quantitative estimate of drug-likeness (QED) is 0.681. The number of likely N-dealkylation sites (tertiary alicyclic amines) is 1. The number of carbonyl (C=O) groups is 2. The fraction of sp³-hybridized carbons (Fsp3) is 0.538. The van der Waals surface area contributed by atoms with Crippen molar-refractivity contribution in [3.8, 4) is 0 Å². The Morgan fingerprint density at radius 3 is 2.50 bits per heavy atom. The van der Waals surface area contributed by atoms with Gasteiger partial charge in [-0.2, -0.15) is 0 Å². The van der Waals surface area contributed by atoms with Crippen LogP contribution >= 0.6 is 0 Å². The van der Waals surface area contributed by atoms with Gasteiger partial charge in [0, 0.05) is 63.9 Å². The Hall–Kier alpha value is -2.60. The van der Waals surface area contributed by atoms with Crippen LogP contribution in [0.3, 0.4) is 0 Å². The van der Waals surface area contributed by atoms with Gasteiger partial charge in [0.15, 0.2) is 5.78 Å². The first kappa shape index (κ1) is 22.6. The van der Waals surface area contributed by atoms with E-state index in [1.165, 1.54) is 12.0 Å². The zero-order valence-corrected chi connectivity index (χ0v) is 19.4. The molecule has 0 radical (unpaired) electrons. The summed E-state index contributed by atoms with van der Waals surface area (Å²) >= 11 is 0. The van der Waals surface area contributed by atoms with Crippen LogP contribution in [0, 0.1) is 0 Å². The van der Waals surface area contributed by atoms with Gasteiger partial charge >= 0.3 is 0 Å². The van der Waals surface area contributed by atoms with Crippen molar-refractivity contribution in [2.45, 2.75) is 52.2 Å². The number of hydrogen-bond acceptors (Lipinski definition) is 5.